The Labute approximate surface area is 126 Å². The van der Waals surface area contributed by atoms with Crippen LogP contribution in [0.25, 0.3) is 0 Å². The van der Waals surface area contributed by atoms with Crippen LogP contribution in [0.1, 0.15) is 29.9 Å². The molecule has 0 spiro atoms. The normalized spacial score (nSPS) is 25.5. The first-order valence-electron chi connectivity index (χ1n) is 7.92. The van der Waals surface area contributed by atoms with Crippen molar-refractivity contribution in [3.05, 3.63) is 35.4 Å². The molecule has 1 heterocycles. The van der Waals surface area contributed by atoms with E-state index in [0.717, 1.165) is 32.4 Å². The topological polar surface area (TPSA) is 41.6 Å². The number of aryl methyl sites for hydroxylation is 1. The number of hydrogen-bond donors (Lipinski definition) is 1. The molecule has 4 heteroatoms. The van der Waals surface area contributed by atoms with Gasteiger partial charge in [0.1, 0.15) is 0 Å². The lowest BCUT2D eigenvalue weighted by Gasteiger charge is -2.36. The van der Waals surface area contributed by atoms with E-state index in [-0.39, 0.29) is 17.9 Å². The number of carbonyl (C=O) groups is 1. The van der Waals surface area contributed by atoms with Crippen molar-refractivity contribution in [2.75, 3.05) is 33.3 Å². The lowest BCUT2D eigenvalue weighted by atomic mass is 9.82. The summed E-state index contributed by atoms with van der Waals surface area (Å²) in [4.78, 5) is 14.9. The molecule has 1 fully saturated rings. The van der Waals surface area contributed by atoms with E-state index in [1.165, 1.54) is 11.1 Å². The molecule has 0 bridgehead atoms. The Kier molecular flexibility index (Phi) is 4.56. The van der Waals surface area contributed by atoms with Gasteiger partial charge in [0.25, 0.3) is 0 Å². The van der Waals surface area contributed by atoms with Gasteiger partial charge in [-0.05, 0) is 37.4 Å². The number of rotatable bonds is 3. The Balaban J connectivity index is 1.74. The van der Waals surface area contributed by atoms with E-state index in [9.17, 15) is 4.79 Å². The number of benzene rings is 1. The van der Waals surface area contributed by atoms with Crippen LogP contribution in [0.2, 0.25) is 0 Å². The van der Waals surface area contributed by atoms with Crippen molar-refractivity contribution in [3.63, 3.8) is 0 Å². The minimum Gasteiger partial charge on any atom is -0.373 e. The molecule has 2 atom stereocenters. The van der Waals surface area contributed by atoms with Gasteiger partial charge in [0.05, 0.1) is 18.6 Å². The van der Waals surface area contributed by atoms with Crippen LogP contribution in [0.3, 0.4) is 0 Å². The highest BCUT2D eigenvalue weighted by molar-refractivity contribution is 5.84. The van der Waals surface area contributed by atoms with Gasteiger partial charge in [-0.1, -0.05) is 24.3 Å². The Bertz CT molecular complexity index is 501. The Hall–Kier alpha value is -1.39. The maximum Gasteiger partial charge on any atom is 0.230 e. The number of hydrogen-bond acceptors (Lipinski definition) is 3. The summed E-state index contributed by atoms with van der Waals surface area (Å²) in [6, 6.07) is 8.41. The number of carbonyl (C=O) groups excluding carboxylic acids is 1. The number of likely N-dealkylation sites (N-methyl/N-ethyl adjacent to an activating group) is 1. The SMILES string of the molecule is CNCC1CN(C(=O)C2CCCc3ccccc32)CCO1. The highest BCUT2D eigenvalue weighted by Gasteiger charge is 2.32. The number of nitrogens with zero attached hydrogens (tertiary/aromatic N) is 1. The summed E-state index contributed by atoms with van der Waals surface area (Å²) in [5.74, 6) is 0.329. The van der Waals surface area contributed by atoms with E-state index < -0.39 is 0 Å². The summed E-state index contributed by atoms with van der Waals surface area (Å²) in [5, 5.41) is 3.13. The van der Waals surface area contributed by atoms with Crippen LogP contribution in [0, 0.1) is 0 Å². The van der Waals surface area contributed by atoms with Gasteiger partial charge >= 0.3 is 0 Å². The van der Waals surface area contributed by atoms with Gasteiger partial charge in [0.2, 0.25) is 5.91 Å². The molecule has 0 saturated carbocycles. The largest absolute Gasteiger partial charge is 0.373 e. The Morgan fingerprint density at radius 2 is 2.29 bits per heavy atom. The number of fused-ring (bicyclic) bond motifs is 1. The van der Waals surface area contributed by atoms with Crippen LogP contribution in [0.5, 0.6) is 0 Å². The van der Waals surface area contributed by atoms with Gasteiger partial charge in [0, 0.05) is 19.6 Å². The third-order valence-electron chi connectivity index (χ3n) is 4.55. The predicted octanol–water partition coefficient (Wildman–Crippen LogP) is 1.55. The first-order valence-corrected chi connectivity index (χ1v) is 7.92. The maximum atomic E-state index is 12.9. The van der Waals surface area contributed by atoms with Gasteiger partial charge in [-0.15, -0.1) is 0 Å². The Morgan fingerprint density at radius 1 is 1.43 bits per heavy atom. The van der Waals surface area contributed by atoms with Gasteiger partial charge < -0.3 is 15.0 Å². The van der Waals surface area contributed by atoms with Gasteiger partial charge in [-0.3, -0.25) is 4.79 Å². The molecule has 1 aromatic carbocycles. The molecule has 1 N–H and O–H groups in total. The van der Waals surface area contributed by atoms with Crippen LogP contribution in [0.4, 0.5) is 0 Å². The monoisotopic (exact) mass is 288 g/mol. The smallest absolute Gasteiger partial charge is 0.230 e. The highest BCUT2D eigenvalue weighted by atomic mass is 16.5. The van der Waals surface area contributed by atoms with Crippen LogP contribution >= 0.6 is 0 Å². The van der Waals surface area contributed by atoms with E-state index in [2.05, 4.69) is 23.5 Å². The molecule has 3 rings (SSSR count). The standard InChI is InChI=1S/C17H24N2O2/c1-18-11-14-12-19(9-10-21-14)17(20)16-8-4-6-13-5-2-3-7-15(13)16/h2-3,5,7,14,16,18H,4,6,8-12H2,1H3. The first-order chi connectivity index (χ1) is 10.3. The van der Waals surface area contributed by atoms with Crippen molar-refractivity contribution < 1.29 is 9.53 Å². The molecular formula is C17H24N2O2. The molecular weight excluding hydrogens is 264 g/mol. The average Bonchev–Trinajstić information content (AvgIpc) is 2.54. The molecule has 0 radical (unpaired) electrons. The van der Waals surface area contributed by atoms with E-state index >= 15 is 0 Å². The molecule has 2 unspecified atom stereocenters. The van der Waals surface area contributed by atoms with E-state index in [4.69, 9.17) is 4.74 Å². The minimum atomic E-state index is 0.0447. The van der Waals surface area contributed by atoms with Crippen LogP contribution in [-0.2, 0) is 16.0 Å². The summed E-state index contributed by atoms with van der Waals surface area (Å²) in [7, 11) is 1.92. The third-order valence-corrected chi connectivity index (χ3v) is 4.55. The lowest BCUT2D eigenvalue weighted by Crippen LogP contribution is -2.50. The highest BCUT2D eigenvalue weighted by Crippen LogP contribution is 2.33. The van der Waals surface area contributed by atoms with Crippen LogP contribution < -0.4 is 5.32 Å². The fraction of sp³-hybridized carbons (Fsp3) is 0.588. The summed E-state index contributed by atoms with van der Waals surface area (Å²) >= 11 is 0. The van der Waals surface area contributed by atoms with Gasteiger partial charge in [-0.25, -0.2) is 0 Å². The van der Waals surface area contributed by atoms with Crippen LogP contribution in [-0.4, -0.2) is 50.2 Å². The molecule has 21 heavy (non-hydrogen) atoms. The number of morpholine rings is 1. The fourth-order valence-electron chi connectivity index (χ4n) is 3.50. The molecule has 1 saturated heterocycles. The van der Waals surface area contributed by atoms with Crippen molar-refractivity contribution >= 4 is 5.91 Å². The lowest BCUT2D eigenvalue weighted by molar-refractivity contribution is -0.140. The molecule has 1 aromatic rings. The summed E-state index contributed by atoms with van der Waals surface area (Å²) in [6.45, 7) is 2.87. The zero-order chi connectivity index (χ0) is 14.7. The maximum absolute atomic E-state index is 12.9. The second-order valence-corrected chi connectivity index (χ2v) is 5.98. The third kappa shape index (κ3) is 3.11. The van der Waals surface area contributed by atoms with Crippen LogP contribution in [0.15, 0.2) is 24.3 Å². The average molecular weight is 288 g/mol. The van der Waals surface area contributed by atoms with Gasteiger partial charge in [0.15, 0.2) is 0 Å². The molecule has 114 valence electrons. The van der Waals surface area contributed by atoms with Crippen molar-refractivity contribution in [3.8, 4) is 0 Å². The predicted molar refractivity (Wildman–Crippen MR) is 82.4 cm³/mol. The summed E-state index contributed by atoms with van der Waals surface area (Å²) < 4.78 is 5.70. The van der Waals surface area contributed by atoms with Crippen molar-refractivity contribution in [1.82, 2.24) is 10.2 Å². The summed E-state index contributed by atoms with van der Waals surface area (Å²) in [5.41, 5.74) is 2.59. The number of ether oxygens (including phenoxy) is 1. The second-order valence-electron chi connectivity index (χ2n) is 5.98. The van der Waals surface area contributed by atoms with Crippen molar-refractivity contribution in [1.29, 1.82) is 0 Å². The molecule has 1 amide bonds. The second kappa shape index (κ2) is 6.58. The van der Waals surface area contributed by atoms with E-state index in [1.54, 1.807) is 0 Å². The van der Waals surface area contributed by atoms with E-state index in [0.29, 0.717) is 13.2 Å². The number of amides is 1. The Morgan fingerprint density at radius 3 is 3.14 bits per heavy atom. The quantitative estimate of drug-likeness (QED) is 0.917. The zero-order valence-electron chi connectivity index (χ0n) is 12.7. The van der Waals surface area contributed by atoms with Crippen molar-refractivity contribution in [2.45, 2.75) is 31.3 Å². The molecule has 4 nitrogen and oxygen atoms in total. The minimum absolute atomic E-state index is 0.0447. The molecule has 0 aromatic heterocycles. The first kappa shape index (κ1) is 14.5. The fourth-order valence-corrected chi connectivity index (χ4v) is 3.50. The zero-order valence-corrected chi connectivity index (χ0v) is 12.7. The molecule has 1 aliphatic heterocycles. The van der Waals surface area contributed by atoms with E-state index in [1.807, 2.05) is 18.0 Å². The van der Waals surface area contributed by atoms with Crippen molar-refractivity contribution in [2.24, 2.45) is 0 Å². The number of nitrogens with one attached hydrogen (secondary N) is 1. The molecule has 2 aliphatic rings. The summed E-state index contributed by atoms with van der Waals surface area (Å²) in [6.07, 6.45) is 3.30. The van der Waals surface area contributed by atoms with Gasteiger partial charge in [-0.2, -0.15) is 0 Å². The molecule has 1 aliphatic carbocycles.